The molecule has 6 heteroatoms. The van der Waals surface area contributed by atoms with Gasteiger partial charge in [0.15, 0.2) is 5.13 Å². The first-order chi connectivity index (χ1) is 13.1. The largest absolute Gasteiger partial charge is 0.298 e. The molecule has 1 amide bonds. The summed E-state index contributed by atoms with van der Waals surface area (Å²) in [5.41, 5.74) is 1.56. The summed E-state index contributed by atoms with van der Waals surface area (Å²) in [7, 11) is 0. The topological polar surface area (TPSA) is 42.0 Å². The molecule has 3 nitrogen and oxygen atoms in total. The van der Waals surface area contributed by atoms with Gasteiger partial charge in [0, 0.05) is 23.1 Å². The van der Waals surface area contributed by atoms with Gasteiger partial charge >= 0.3 is 0 Å². The van der Waals surface area contributed by atoms with E-state index in [0.29, 0.717) is 27.2 Å². The lowest BCUT2D eigenvalue weighted by atomic mass is 10.0. The number of benzene rings is 3. The number of fused-ring (bicyclic) bond motifs is 1. The Morgan fingerprint density at radius 1 is 1.00 bits per heavy atom. The number of nitrogens with zero attached hydrogens (tertiary/aromatic N) is 1. The molecule has 0 bridgehead atoms. The summed E-state index contributed by atoms with van der Waals surface area (Å²) in [4.78, 5) is 18.0. The third-order valence-electron chi connectivity index (χ3n) is 4.20. The predicted octanol–water partition coefficient (Wildman–Crippen LogP) is 6.45. The second-order valence-corrected chi connectivity index (χ2v) is 7.90. The Bertz CT molecular complexity index is 1130. The number of nitrogens with one attached hydrogen (secondary N) is 1. The number of carbonyl (C=O) groups excluding carboxylic acids is 1. The molecule has 4 rings (SSSR count). The van der Waals surface area contributed by atoms with Gasteiger partial charge in [-0.2, -0.15) is 0 Å². The fourth-order valence-electron chi connectivity index (χ4n) is 2.91. The van der Waals surface area contributed by atoms with Crippen LogP contribution in [0.3, 0.4) is 0 Å². The molecule has 0 aliphatic rings. The number of hydrogen-bond donors (Lipinski definition) is 1. The third kappa shape index (κ3) is 3.83. The maximum atomic E-state index is 12.7. The molecule has 0 radical (unpaired) electrons. The Labute approximate surface area is 170 Å². The SMILES string of the molecule is O=C(Nc1ncc(Cc2cccc(Cl)c2Cl)s1)c1cccc2ccccc12. The number of halogens is 2. The van der Waals surface area contributed by atoms with Crippen LogP contribution >= 0.6 is 34.5 Å². The molecule has 4 aromatic rings. The molecule has 1 N–H and O–H groups in total. The van der Waals surface area contributed by atoms with E-state index in [2.05, 4.69) is 10.3 Å². The number of carbonyl (C=O) groups is 1. The van der Waals surface area contributed by atoms with Crippen molar-refractivity contribution in [2.45, 2.75) is 6.42 Å². The van der Waals surface area contributed by atoms with Crippen molar-refractivity contribution in [1.29, 1.82) is 0 Å². The van der Waals surface area contributed by atoms with Crippen LogP contribution in [0.5, 0.6) is 0 Å². The van der Waals surface area contributed by atoms with Gasteiger partial charge in [0.05, 0.1) is 10.0 Å². The quantitative estimate of drug-likeness (QED) is 0.418. The highest BCUT2D eigenvalue weighted by Gasteiger charge is 2.13. The van der Waals surface area contributed by atoms with Gasteiger partial charge in [-0.25, -0.2) is 4.98 Å². The van der Waals surface area contributed by atoms with E-state index in [1.165, 1.54) is 11.3 Å². The van der Waals surface area contributed by atoms with Crippen molar-refractivity contribution in [3.63, 3.8) is 0 Å². The van der Waals surface area contributed by atoms with Crippen molar-refractivity contribution >= 4 is 56.3 Å². The summed E-state index contributed by atoms with van der Waals surface area (Å²) in [6.45, 7) is 0. The Balaban J connectivity index is 1.54. The Kier molecular flexibility index (Phi) is 5.12. The summed E-state index contributed by atoms with van der Waals surface area (Å²) in [5, 5.41) is 6.47. The monoisotopic (exact) mass is 412 g/mol. The molecule has 0 unspecified atom stereocenters. The summed E-state index contributed by atoms with van der Waals surface area (Å²) < 4.78 is 0. The normalized spacial score (nSPS) is 10.9. The van der Waals surface area contributed by atoms with Crippen LogP contribution in [0.25, 0.3) is 10.8 Å². The molecule has 1 heterocycles. The smallest absolute Gasteiger partial charge is 0.258 e. The summed E-state index contributed by atoms with van der Waals surface area (Å²) >= 11 is 13.7. The zero-order chi connectivity index (χ0) is 18.8. The molecule has 0 saturated heterocycles. The maximum absolute atomic E-state index is 12.7. The van der Waals surface area contributed by atoms with Gasteiger partial charge in [0.25, 0.3) is 5.91 Å². The lowest BCUT2D eigenvalue weighted by Gasteiger charge is -2.06. The van der Waals surface area contributed by atoms with Crippen LogP contribution in [0, 0.1) is 0 Å². The first-order valence-corrected chi connectivity index (χ1v) is 9.86. The van der Waals surface area contributed by atoms with Crippen LogP contribution < -0.4 is 5.32 Å². The average Bonchev–Trinajstić information content (AvgIpc) is 3.12. The molecule has 134 valence electrons. The first-order valence-electron chi connectivity index (χ1n) is 8.28. The molecule has 0 saturated carbocycles. The van der Waals surface area contributed by atoms with Crippen LogP contribution in [0.2, 0.25) is 10.0 Å². The molecule has 3 aromatic carbocycles. The number of aromatic nitrogens is 1. The van der Waals surface area contributed by atoms with Crippen LogP contribution in [-0.4, -0.2) is 10.9 Å². The molecule has 0 spiro atoms. The van der Waals surface area contributed by atoms with Gasteiger partial charge in [0.1, 0.15) is 0 Å². The van der Waals surface area contributed by atoms with E-state index >= 15 is 0 Å². The van der Waals surface area contributed by atoms with Gasteiger partial charge in [0.2, 0.25) is 0 Å². The van der Waals surface area contributed by atoms with E-state index in [9.17, 15) is 4.79 Å². The van der Waals surface area contributed by atoms with Crippen molar-refractivity contribution in [3.8, 4) is 0 Å². The lowest BCUT2D eigenvalue weighted by Crippen LogP contribution is -2.12. The number of anilines is 1. The van der Waals surface area contributed by atoms with Crippen molar-refractivity contribution in [2.24, 2.45) is 0 Å². The van der Waals surface area contributed by atoms with Gasteiger partial charge in [-0.1, -0.05) is 71.7 Å². The highest BCUT2D eigenvalue weighted by atomic mass is 35.5. The number of rotatable bonds is 4. The van der Waals surface area contributed by atoms with Crippen LogP contribution in [0.15, 0.2) is 66.9 Å². The number of thiazole rings is 1. The zero-order valence-electron chi connectivity index (χ0n) is 14.1. The van der Waals surface area contributed by atoms with Crippen molar-refractivity contribution in [2.75, 3.05) is 5.32 Å². The molecule has 1 aromatic heterocycles. The first kappa shape index (κ1) is 18.0. The molecule has 0 aliphatic heterocycles. The van der Waals surface area contributed by atoms with E-state index in [1.807, 2.05) is 54.6 Å². The molecule has 0 fully saturated rings. The Morgan fingerprint density at radius 3 is 2.67 bits per heavy atom. The molecule has 27 heavy (non-hydrogen) atoms. The van der Waals surface area contributed by atoms with Crippen LogP contribution in [0.1, 0.15) is 20.8 Å². The van der Waals surface area contributed by atoms with Crippen molar-refractivity contribution < 1.29 is 4.79 Å². The fraction of sp³-hybridized carbons (Fsp3) is 0.0476. The minimum Gasteiger partial charge on any atom is -0.298 e. The Morgan fingerprint density at radius 2 is 1.78 bits per heavy atom. The lowest BCUT2D eigenvalue weighted by molar-refractivity contribution is 0.102. The highest BCUT2D eigenvalue weighted by Crippen LogP contribution is 2.30. The Hall–Kier alpha value is -2.40. The van der Waals surface area contributed by atoms with E-state index in [4.69, 9.17) is 23.2 Å². The second-order valence-electron chi connectivity index (χ2n) is 6.00. The number of hydrogen-bond acceptors (Lipinski definition) is 3. The van der Waals surface area contributed by atoms with E-state index in [1.54, 1.807) is 12.3 Å². The van der Waals surface area contributed by atoms with Gasteiger partial charge in [-0.05, 0) is 28.5 Å². The third-order valence-corrected chi connectivity index (χ3v) is 5.98. The molecular formula is C21H14Cl2N2OS. The van der Waals surface area contributed by atoms with E-state index in [-0.39, 0.29) is 5.91 Å². The fourth-order valence-corrected chi connectivity index (χ4v) is 4.13. The zero-order valence-corrected chi connectivity index (χ0v) is 16.4. The summed E-state index contributed by atoms with van der Waals surface area (Å²) in [5.74, 6) is -0.173. The molecule has 0 atom stereocenters. The average molecular weight is 413 g/mol. The highest BCUT2D eigenvalue weighted by molar-refractivity contribution is 7.15. The summed E-state index contributed by atoms with van der Waals surface area (Å²) in [6, 6.07) is 19.1. The second kappa shape index (κ2) is 7.69. The maximum Gasteiger partial charge on any atom is 0.258 e. The van der Waals surface area contributed by atoms with Crippen LogP contribution in [0.4, 0.5) is 5.13 Å². The number of amides is 1. The van der Waals surface area contributed by atoms with Gasteiger partial charge in [-0.15, -0.1) is 11.3 Å². The summed E-state index contributed by atoms with van der Waals surface area (Å²) in [6.07, 6.45) is 2.36. The predicted molar refractivity (Wildman–Crippen MR) is 113 cm³/mol. The van der Waals surface area contributed by atoms with E-state index in [0.717, 1.165) is 21.2 Å². The minimum atomic E-state index is -0.173. The van der Waals surface area contributed by atoms with E-state index < -0.39 is 0 Å². The van der Waals surface area contributed by atoms with Gasteiger partial charge < -0.3 is 0 Å². The van der Waals surface area contributed by atoms with Gasteiger partial charge in [-0.3, -0.25) is 10.1 Å². The van der Waals surface area contributed by atoms with Crippen molar-refractivity contribution in [3.05, 3.63) is 92.9 Å². The standard InChI is InChI=1S/C21H14Cl2N2OS/c22-18-10-4-7-14(19(18)23)11-15-12-24-21(27-15)25-20(26)17-9-3-6-13-5-1-2-8-16(13)17/h1-10,12H,11H2,(H,24,25,26). The van der Waals surface area contributed by atoms with Crippen LogP contribution in [-0.2, 0) is 6.42 Å². The molecule has 0 aliphatic carbocycles. The molecular weight excluding hydrogens is 399 g/mol. The minimum absolute atomic E-state index is 0.173. The van der Waals surface area contributed by atoms with Crippen molar-refractivity contribution in [1.82, 2.24) is 4.98 Å².